The molecule has 1 saturated carbocycles. The van der Waals surface area contributed by atoms with Gasteiger partial charge in [0.2, 0.25) is 5.91 Å². The summed E-state index contributed by atoms with van der Waals surface area (Å²) >= 11 is 0. The maximum Gasteiger partial charge on any atom is 0.407 e. The van der Waals surface area contributed by atoms with Crippen LogP contribution in [0.15, 0.2) is 61.2 Å². The zero-order chi connectivity index (χ0) is 24.8. The van der Waals surface area contributed by atoms with E-state index in [1.54, 1.807) is 6.08 Å². The summed E-state index contributed by atoms with van der Waals surface area (Å²) < 4.78 is 5.69. The van der Waals surface area contributed by atoms with Gasteiger partial charge in [0, 0.05) is 12.3 Å². The fourth-order valence-electron chi connectivity index (χ4n) is 5.34. The Bertz CT molecular complexity index is 1060. The van der Waals surface area contributed by atoms with Gasteiger partial charge in [-0.1, -0.05) is 67.4 Å². The lowest BCUT2D eigenvalue weighted by atomic mass is 9.92. The van der Waals surface area contributed by atoms with Crippen LogP contribution in [0.1, 0.15) is 62.0 Å². The molecule has 184 valence electrons. The second-order valence-corrected chi connectivity index (χ2v) is 9.44. The van der Waals surface area contributed by atoms with Gasteiger partial charge in [-0.05, 0) is 47.9 Å². The van der Waals surface area contributed by atoms with E-state index in [-0.39, 0.29) is 31.3 Å². The molecule has 7 heteroatoms. The Labute approximate surface area is 205 Å². The standard InChI is InChI=1S/C28H32N2O5/c1-2-3-14-24(26(32)33)29-25(31)17-28(15-8-9-16-28)30-27(34)35-18-23-21-12-6-4-10-19(21)20-11-5-7-13-22(20)23/h2,4-7,10-13,23-24H,1,3,8-9,14-18H2,(H,29,31)(H,30,34)(H,32,33). The largest absolute Gasteiger partial charge is 0.480 e. The highest BCUT2D eigenvalue weighted by molar-refractivity contribution is 5.85. The second-order valence-electron chi connectivity index (χ2n) is 9.44. The van der Waals surface area contributed by atoms with Gasteiger partial charge < -0.3 is 20.5 Å². The number of hydrogen-bond acceptors (Lipinski definition) is 4. The van der Waals surface area contributed by atoms with Gasteiger partial charge in [-0.3, -0.25) is 4.79 Å². The molecule has 2 aliphatic carbocycles. The summed E-state index contributed by atoms with van der Waals surface area (Å²) in [5.41, 5.74) is 3.86. The maximum absolute atomic E-state index is 12.9. The highest BCUT2D eigenvalue weighted by Gasteiger charge is 2.39. The summed E-state index contributed by atoms with van der Waals surface area (Å²) in [6.07, 6.45) is 4.92. The molecule has 1 atom stereocenters. The van der Waals surface area contributed by atoms with Crippen LogP contribution in [0.2, 0.25) is 0 Å². The Kier molecular flexibility index (Phi) is 7.54. The average Bonchev–Trinajstić information content (AvgIpc) is 3.42. The first-order valence-electron chi connectivity index (χ1n) is 12.2. The summed E-state index contributed by atoms with van der Waals surface area (Å²) in [6.45, 7) is 3.80. The Hall–Kier alpha value is -3.61. The number of alkyl carbamates (subject to hydrolysis) is 1. The van der Waals surface area contributed by atoms with E-state index < -0.39 is 23.6 Å². The first-order chi connectivity index (χ1) is 16.9. The highest BCUT2D eigenvalue weighted by Crippen LogP contribution is 2.44. The van der Waals surface area contributed by atoms with Crippen LogP contribution in [0.25, 0.3) is 11.1 Å². The van der Waals surface area contributed by atoms with Crippen LogP contribution in [0.3, 0.4) is 0 Å². The number of carbonyl (C=O) groups is 3. The van der Waals surface area contributed by atoms with Crippen molar-refractivity contribution >= 4 is 18.0 Å². The zero-order valence-corrected chi connectivity index (χ0v) is 19.8. The fourth-order valence-corrected chi connectivity index (χ4v) is 5.34. The number of ether oxygens (including phenoxy) is 1. The molecule has 1 fully saturated rings. The number of amides is 2. The number of benzene rings is 2. The summed E-state index contributed by atoms with van der Waals surface area (Å²) in [6, 6.07) is 15.3. The van der Waals surface area contributed by atoms with Crippen LogP contribution in [0.5, 0.6) is 0 Å². The first kappa shape index (κ1) is 24.5. The van der Waals surface area contributed by atoms with Crippen LogP contribution in [0, 0.1) is 0 Å². The fraction of sp³-hybridized carbons (Fsp3) is 0.393. The van der Waals surface area contributed by atoms with E-state index in [1.165, 1.54) is 0 Å². The number of nitrogens with one attached hydrogen (secondary N) is 2. The quantitative estimate of drug-likeness (QED) is 0.429. The van der Waals surface area contributed by atoms with Crippen molar-refractivity contribution in [1.82, 2.24) is 10.6 Å². The first-order valence-corrected chi connectivity index (χ1v) is 12.2. The molecule has 0 aliphatic heterocycles. The molecule has 35 heavy (non-hydrogen) atoms. The van der Waals surface area contributed by atoms with E-state index in [9.17, 15) is 19.5 Å². The Balaban J connectivity index is 1.38. The van der Waals surface area contributed by atoms with Crippen molar-refractivity contribution < 1.29 is 24.2 Å². The Morgan fingerprint density at radius 1 is 1.06 bits per heavy atom. The molecule has 0 aromatic heterocycles. The van der Waals surface area contributed by atoms with E-state index in [4.69, 9.17) is 4.74 Å². The van der Waals surface area contributed by atoms with E-state index in [0.717, 1.165) is 35.1 Å². The predicted octanol–water partition coefficient (Wildman–Crippen LogP) is 4.76. The van der Waals surface area contributed by atoms with Gasteiger partial charge >= 0.3 is 12.1 Å². The topological polar surface area (TPSA) is 105 Å². The minimum atomic E-state index is -1.08. The molecule has 0 heterocycles. The number of aliphatic carboxylic acids is 1. The number of carboxylic acids is 1. The molecule has 2 aromatic carbocycles. The van der Waals surface area contributed by atoms with Crippen LogP contribution in [-0.4, -0.2) is 41.3 Å². The molecule has 0 bridgehead atoms. The molecule has 0 radical (unpaired) electrons. The summed E-state index contributed by atoms with van der Waals surface area (Å²) in [7, 11) is 0. The monoisotopic (exact) mass is 476 g/mol. The van der Waals surface area contributed by atoms with Gasteiger partial charge in [0.1, 0.15) is 12.6 Å². The van der Waals surface area contributed by atoms with Crippen molar-refractivity contribution in [2.75, 3.05) is 6.61 Å². The van der Waals surface area contributed by atoms with Crippen molar-refractivity contribution in [3.63, 3.8) is 0 Å². The van der Waals surface area contributed by atoms with Crippen LogP contribution in [-0.2, 0) is 14.3 Å². The van der Waals surface area contributed by atoms with Crippen LogP contribution >= 0.6 is 0 Å². The number of carbonyl (C=O) groups excluding carboxylic acids is 2. The highest BCUT2D eigenvalue weighted by atomic mass is 16.5. The normalized spacial score (nSPS) is 16.6. The molecule has 7 nitrogen and oxygen atoms in total. The lowest BCUT2D eigenvalue weighted by Gasteiger charge is -2.30. The Morgan fingerprint density at radius 2 is 1.66 bits per heavy atom. The molecule has 2 aliphatic rings. The number of fused-ring (bicyclic) bond motifs is 3. The molecular formula is C28H32N2O5. The molecule has 0 spiro atoms. The predicted molar refractivity (Wildman–Crippen MR) is 133 cm³/mol. The number of hydrogen-bond donors (Lipinski definition) is 3. The third kappa shape index (κ3) is 5.56. The summed E-state index contributed by atoms with van der Waals surface area (Å²) in [4.78, 5) is 37.1. The molecule has 3 N–H and O–H groups in total. The van der Waals surface area contributed by atoms with Crippen molar-refractivity contribution in [3.05, 3.63) is 72.3 Å². The smallest absolute Gasteiger partial charge is 0.407 e. The lowest BCUT2D eigenvalue weighted by Crippen LogP contribution is -2.51. The maximum atomic E-state index is 12.9. The molecule has 1 unspecified atom stereocenters. The van der Waals surface area contributed by atoms with Crippen LogP contribution < -0.4 is 10.6 Å². The minimum absolute atomic E-state index is 0.0229. The van der Waals surface area contributed by atoms with Gasteiger partial charge in [0.25, 0.3) is 0 Å². The molecule has 2 amide bonds. The van der Waals surface area contributed by atoms with Crippen molar-refractivity contribution in [2.24, 2.45) is 0 Å². The van der Waals surface area contributed by atoms with Crippen molar-refractivity contribution in [3.8, 4) is 11.1 Å². The average molecular weight is 477 g/mol. The molecule has 2 aromatic rings. The molecule has 0 saturated heterocycles. The molecular weight excluding hydrogens is 444 g/mol. The third-order valence-corrected chi connectivity index (χ3v) is 7.06. The SMILES string of the molecule is C=CCCC(NC(=O)CC1(NC(=O)OCC2c3ccccc3-c3ccccc32)CCCC1)C(=O)O. The summed E-state index contributed by atoms with van der Waals surface area (Å²) in [5.74, 6) is -1.51. The van der Waals surface area contributed by atoms with Crippen molar-refractivity contribution in [2.45, 2.75) is 62.4 Å². The van der Waals surface area contributed by atoms with Gasteiger partial charge in [0.15, 0.2) is 0 Å². The van der Waals surface area contributed by atoms with E-state index in [1.807, 2.05) is 24.3 Å². The Morgan fingerprint density at radius 3 is 2.23 bits per heavy atom. The van der Waals surface area contributed by atoms with Gasteiger partial charge in [-0.2, -0.15) is 0 Å². The van der Waals surface area contributed by atoms with E-state index in [0.29, 0.717) is 19.3 Å². The molecule has 4 rings (SSSR count). The lowest BCUT2D eigenvalue weighted by molar-refractivity contribution is -0.142. The van der Waals surface area contributed by atoms with Crippen molar-refractivity contribution in [1.29, 1.82) is 0 Å². The third-order valence-electron chi connectivity index (χ3n) is 7.06. The number of allylic oxidation sites excluding steroid dienone is 1. The zero-order valence-electron chi connectivity index (χ0n) is 19.8. The van der Waals surface area contributed by atoms with E-state index in [2.05, 4.69) is 41.5 Å². The van der Waals surface area contributed by atoms with Crippen LogP contribution in [0.4, 0.5) is 4.79 Å². The summed E-state index contributed by atoms with van der Waals surface area (Å²) in [5, 5.41) is 14.9. The van der Waals surface area contributed by atoms with E-state index >= 15 is 0 Å². The minimum Gasteiger partial charge on any atom is -0.480 e. The van der Waals surface area contributed by atoms with Gasteiger partial charge in [-0.25, -0.2) is 9.59 Å². The second kappa shape index (κ2) is 10.8. The van der Waals surface area contributed by atoms with Gasteiger partial charge in [0.05, 0.1) is 5.54 Å². The number of carboxylic acid groups (broad SMARTS) is 1. The van der Waals surface area contributed by atoms with Gasteiger partial charge in [-0.15, -0.1) is 6.58 Å². The number of rotatable bonds is 10.